The molecule has 1 aliphatic heterocycles. The standard InChI is InChI=1S/C62H73N4O.Pt/c1-57(2,3)42-23-24-63-56(36-42)66-54-22-19-40(41-27-43(58(4,5)6)30-44(28-41)59(7,8)9)29-53(54)52-21-20-50(38-55(52)66)67-51-35-47(62(16,17)18)34-49(37-51)65-26-25-64(39-65)48-32-45(60(10,11)12)31-46(33-48)61(13,14)15;/h19-36,39H,1-18H3;/q-3;. The van der Waals surface area contributed by atoms with Crippen LogP contribution in [0.1, 0.15) is 158 Å². The number of aromatic nitrogens is 2. The van der Waals surface area contributed by atoms with Crippen molar-refractivity contribution in [1.82, 2.24) is 9.55 Å². The Bertz CT molecular complexity index is 2970. The number of hydrogen-bond donors (Lipinski definition) is 0. The molecule has 0 atom stereocenters. The summed E-state index contributed by atoms with van der Waals surface area (Å²) in [4.78, 5) is 9.35. The zero-order valence-electron chi connectivity index (χ0n) is 44.0. The first-order chi connectivity index (χ1) is 30.9. The van der Waals surface area contributed by atoms with E-state index in [2.05, 4.69) is 255 Å². The molecule has 1 aliphatic rings. The molecule has 6 heteroatoms. The molecule has 5 nitrogen and oxygen atoms in total. The summed E-state index contributed by atoms with van der Waals surface area (Å²) in [6, 6.07) is 41.3. The van der Waals surface area contributed by atoms with E-state index in [9.17, 15) is 0 Å². The van der Waals surface area contributed by atoms with Gasteiger partial charge in [0.15, 0.2) is 0 Å². The maximum Gasteiger partial charge on any atom is 0.135 e. The Morgan fingerprint density at radius 1 is 0.456 bits per heavy atom. The molecule has 0 N–H and O–H groups in total. The number of ether oxygens (including phenoxy) is 1. The second-order valence-corrected chi connectivity index (χ2v) is 25.1. The third-order valence-electron chi connectivity index (χ3n) is 13.3. The van der Waals surface area contributed by atoms with Crippen LogP contribution in [0, 0.1) is 18.8 Å². The summed E-state index contributed by atoms with van der Waals surface area (Å²) in [5.74, 6) is 2.10. The average molecular weight is 1090 g/mol. The third-order valence-corrected chi connectivity index (χ3v) is 13.3. The van der Waals surface area contributed by atoms with Gasteiger partial charge in [-0.1, -0.05) is 167 Å². The second kappa shape index (κ2) is 17.7. The Hall–Kier alpha value is -5.12. The van der Waals surface area contributed by atoms with E-state index in [1.807, 2.05) is 12.3 Å². The van der Waals surface area contributed by atoms with E-state index in [4.69, 9.17) is 9.72 Å². The first kappa shape index (κ1) is 50.7. The SMILES string of the molecule is CC(C)(C)c1cc(Oc2[c-]c3c(cc2)c2cc(-c4cc(C(C)(C)C)cc(C(C)(C)C)c4)ccc2n3-c2cc(C(C)(C)C)ccn2)[c-]c(N2C=CN(c3cc(C(C)(C)C)cc(C(C)(C)C)c3)[CH-]2)c1.[Pt]. The zero-order valence-corrected chi connectivity index (χ0v) is 46.3. The van der Waals surface area contributed by atoms with Gasteiger partial charge in [-0.2, -0.15) is 6.07 Å². The van der Waals surface area contributed by atoms with Crippen LogP contribution in [0.2, 0.25) is 0 Å². The first-order valence-corrected chi connectivity index (χ1v) is 24.1. The summed E-state index contributed by atoms with van der Waals surface area (Å²) < 4.78 is 9.12. The first-order valence-electron chi connectivity index (χ1n) is 24.1. The van der Waals surface area contributed by atoms with Crippen molar-refractivity contribution in [3.63, 3.8) is 0 Å². The van der Waals surface area contributed by atoms with Crippen molar-refractivity contribution in [3.8, 4) is 28.4 Å². The predicted molar refractivity (Wildman–Crippen MR) is 285 cm³/mol. The van der Waals surface area contributed by atoms with Crippen LogP contribution in [0.15, 0.2) is 110 Å². The maximum atomic E-state index is 6.87. The quantitative estimate of drug-likeness (QED) is 0.155. The molecule has 7 aromatic rings. The van der Waals surface area contributed by atoms with Crippen LogP contribution in [-0.4, -0.2) is 9.55 Å². The fraction of sp³-hybridized carbons (Fsp3) is 0.387. The van der Waals surface area contributed by atoms with Gasteiger partial charge in [0.25, 0.3) is 0 Å². The van der Waals surface area contributed by atoms with Crippen LogP contribution >= 0.6 is 0 Å². The van der Waals surface area contributed by atoms with Gasteiger partial charge in [0.05, 0.1) is 0 Å². The van der Waals surface area contributed by atoms with E-state index in [1.165, 1.54) is 38.9 Å². The van der Waals surface area contributed by atoms with E-state index < -0.39 is 0 Å². The Kier molecular flexibility index (Phi) is 13.2. The Morgan fingerprint density at radius 3 is 1.54 bits per heavy atom. The van der Waals surface area contributed by atoms with Crippen molar-refractivity contribution < 1.29 is 25.8 Å². The summed E-state index contributed by atoms with van der Waals surface area (Å²) >= 11 is 0. The molecule has 0 bridgehead atoms. The fourth-order valence-corrected chi connectivity index (χ4v) is 8.62. The molecule has 8 rings (SSSR count). The molecule has 5 aromatic carbocycles. The molecule has 3 heterocycles. The number of benzene rings is 5. The van der Waals surface area contributed by atoms with Crippen molar-refractivity contribution in [2.75, 3.05) is 9.80 Å². The number of rotatable bonds is 6. The van der Waals surface area contributed by atoms with E-state index in [0.717, 1.165) is 44.6 Å². The van der Waals surface area contributed by atoms with Crippen LogP contribution in [0.4, 0.5) is 11.4 Å². The summed E-state index contributed by atoms with van der Waals surface area (Å²) in [5, 5.41) is 2.23. The maximum absolute atomic E-state index is 6.87. The van der Waals surface area contributed by atoms with Crippen molar-refractivity contribution in [2.24, 2.45) is 0 Å². The molecule has 2 aromatic heterocycles. The molecule has 0 fully saturated rings. The number of hydrogen-bond acceptors (Lipinski definition) is 4. The van der Waals surface area contributed by atoms with E-state index >= 15 is 0 Å². The van der Waals surface area contributed by atoms with Crippen molar-refractivity contribution in [1.29, 1.82) is 0 Å². The monoisotopic (exact) mass is 1080 g/mol. The Morgan fingerprint density at radius 2 is 0.985 bits per heavy atom. The third kappa shape index (κ3) is 10.5. The Balaban J connectivity index is 0.00000684. The molecule has 360 valence electrons. The normalized spacial score (nSPS) is 14.0. The second-order valence-electron chi connectivity index (χ2n) is 25.1. The number of pyridine rings is 1. The number of fused-ring (bicyclic) bond motifs is 3. The molecular formula is C62H73N4OPt-3. The molecule has 0 saturated carbocycles. The van der Waals surface area contributed by atoms with Gasteiger partial charge in [0.1, 0.15) is 5.82 Å². The minimum Gasteiger partial charge on any atom is -0.509 e. The van der Waals surface area contributed by atoms with Crippen molar-refractivity contribution >= 4 is 33.2 Å². The van der Waals surface area contributed by atoms with Crippen LogP contribution < -0.4 is 14.5 Å². The molecule has 0 aliphatic carbocycles. The Labute approximate surface area is 423 Å². The van der Waals surface area contributed by atoms with Crippen LogP contribution in [0.3, 0.4) is 0 Å². The van der Waals surface area contributed by atoms with Gasteiger partial charge in [-0.25, -0.2) is 4.98 Å². The minimum atomic E-state index is -0.144. The molecule has 0 spiro atoms. The van der Waals surface area contributed by atoms with E-state index in [-0.39, 0.29) is 53.6 Å². The van der Waals surface area contributed by atoms with Gasteiger partial charge in [0.2, 0.25) is 0 Å². The topological polar surface area (TPSA) is 33.5 Å². The van der Waals surface area contributed by atoms with Crippen molar-refractivity contribution in [3.05, 3.63) is 162 Å². The fourth-order valence-electron chi connectivity index (χ4n) is 8.62. The summed E-state index contributed by atoms with van der Waals surface area (Å²) in [5.41, 5.74) is 14.0. The van der Waals surface area contributed by atoms with Crippen LogP contribution in [-0.2, 0) is 53.6 Å². The number of anilines is 2. The molecule has 0 unspecified atom stereocenters. The number of nitrogens with zero attached hydrogens (tertiary/aromatic N) is 4. The predicted octanol–water partition coefficient (Wildman–Crippen LogP) is 16.9. The van der Waals surface area contributed by atoms with Gasteiger partial charge in [0, 0.05) is 50.0 Å². The molecule has 68 heavy (non-hydrogen) atoms. The summed E-state index contributed by atoms with van der Waals surface area (Å²) in [6.07, 6.45) is 6.17. The summed E-state index contributed by atoms with van der Waals surface area (Å²) in [7, 11) is 0. The zero-order chi connectivity index (χ0) is 48.8. The molecule has 0 radical (unpaired) electrons. The van der Waals surface area contributed by atoms with Crippen LogP contribution in [0.25, 0.3) is 38.8 Å². The largest absolute Gasteiger partial charge is 0.509 e. The van der Waals surface area contributed by atoms with Crippen molar-refractivity contribution in [2.45, 2.75) is 157 Å². The van der Waals surface area contributed by atoms with Gasteiger partial charge in [-0.3, -0.25) is 0 Å². The summed E-state index contributed by atoms with van der Waals surface area (Å²) in [6.45, 7) is 43.1. The molecule has 0 amide bonds. The van der Waals surface area contributed by atoms with E-state index in [1.54, 1.807) is 0 Å². The molecular weight excluding hydrogens is 1010 g/mol. The average Bonchev–Trinajstić information content (AvgIpc) is 3.85. The van der Waals surface area contributed by atoms with Gasteiger partial charge in [-0.05, 0) is 120 Å². The smallest absolute Gasteiger partial charge is 0.135 e. The van der Waals surface area contributed by atoms with E-state index in [0.29, 0.717) is 11.5 Å². The minimum absolute atomic E-state index is 0. The van der Waals surface area contributed by atoms with Crippen LogP contribution in [0.5, 0.6) is 11.5 Å². The van der Waals surface area contributed by atoms with Gasteiger partial charge in [-0.15, -0.1) is 53.6 Å². The van der Waals surface area contributed by atoms with Gasteiger partial charge < -0.3 is 19.1 Å². The van der Waals surface area contributed by atoms with Gasteiger partial charge >= 0.3 is 0 Å². The molecule has 0 saturated heterocycles.